The second kappa shape index (κ2) is 6.24. The summed E-state index contributed by atoms with van der Waals surface area (Å²) in [6, 6.07) is 8.68. The number of hydrogen-bond acceptors (Lipinski definition) is 4. The van der Waals surface area contributed by atoms with Gasteiger partial charge < -0.3 is 15.1 Å². The Hall–Kier alpha value is -1.91. The van der Waals surface area contributed by atoms with Gasteiger partial charge >= 0.3 is 0 Å². The first-order valence-corrected chi connectivity index (χ1v) is 7.19. The number of ketones is 1. The van der Waals surface area contributed by atoms with E-state index in [1.54, 1.807) is 36.4 Å². The molecule has 0 spiro atoms. The lowest BCUT2D eigenvalue weighted by molar-refractivity contribution is -0.138. The van der Waals surface area contributed by atoms with Crippen molar-refractivity contribution >= 4 is 5.78 Å². The number of likely N-dealkylation sites (N-methyl/N-ethyl adjacent to an activating group) is 1. The number of rotatable bonds is 5. The van der Waals surface area contributed by atoms with Gasteiger partial charge in [-0.1, -0.05) is 36.4 Å². The highest BCUT2D eigenvalue weighted by Gasteiger charge is 2.39. The molecule has 1 atom stereocenters. The average Bonchev–Trinajstić information content (AvgIpc) is 2.48. The number of benzene rings is 1. The highest BCUT2D eigenvalue weighted by molar-refractivity contribution is 5.99. The van der Waals surface area contributed by atoms with Gasteiger partial charge in [-0.15, -0.1) is 0 Å². The van der Waals surface area contributed by atoms with E-state index in [9.17, 15) is 15.0 Å². The van der Waals surface area contributed by atoms with Gasteiger partial charge in [0.15, 0.2) is 11.6 Å². The first kappa shape index (κ1) is 15.5. The maximum atomic E-state index is 12.4. The van der Waals surface area contributed by atoms with Crippen molar-refractivity contribution in [2.75, 3.05) is 13.1 Å². The van der Waals surface area contributed by atoms with Crippen molar-refractivity contribution in [3.63, 3.8) is 0 Å². The Morgan fingerprint density at radius 1 is 1.19 bits per heavy atom. The standard InChI is InChI=1S/C17H21NO3/c1-3-18(4-2)14-10-11-15(17(20,21)12-14)16(19)13-8-6-5-7-9-13/h5-12,15,20-21H,3-4H2,1-2H3. The van der Waals surface area contributed by atoms with Gasteiger partial charge in [-0.05, 0) is 26.0 Å². The second-order valence-electron chi connectivity index (χ2n) is 5.09. The van der Waals surface area contributed by atoms with Crippen LogP contribution in [0.5, 0.6) is 0 Å². The molecule has 0 fully saturated rings. The Kier molecular flexibility index (Phi) is 4.60. The summed E-state index contributed by atoms with van der Waals surface area (Å²) in [7, 11) is 0. The van der Waals surface area contributed by atoms with E-state index in [1.807, 2.05) is 24.8 Å². The van der Waals surface area contributed by atoms with Crippen LogP contribution in [-0.2, 0) is 0 Å². The lowest BCUT2D eigenvalue weighted by Gasteiger charge is -2.33. The maximum Gasteiger partial charge on any atom is 0.198 e. The largest absolute Gasteiger partial charge is 0.372 e. The molecular formula is C17H21NO3. The van der Waals surface area contributed by atoms with E-state index in [0.29, 0.717) is 5.56 Å². The number of aliphatic hydroxyl groups is 2. The van der Waals surface area contributed by atoms with Gasteiger partial charge in [0.05, 0.1) is 5.92 Å². The Morgan fingerprint density at radius 3 is 2.33 bits per heavy atom. The summed E-state index contributed by atoms with van der Waals surface area (Å²) in [6.45, 7) is 5.52. The number of carbonyl (C=O) groups is 1. The number of nitrogens with zero attached hydrogens (tertiary/aromatic N) is 1. The summed E-state index contributed by atoms with van der Waals surface area (Å²) >= 11 is 0. The zero-order chi connectivity index (χ0) is 15.5. The zero-order valence-electron chi connectivity index (χ0n) is 12.4. The smallest absolute Gasteiger partial charge is 0.198 e. The van der Waals surface area contributed by atoms with E-state index in [-0.39, 0.29) is 5.78 Å². The Morgan fingerprint density at radius 2 is 1.81 bits per heavy atom. The number of carbonyl (C=O) groups excluding carboxylic acids is 1. The molecule has 1 aromatic rings. The van der Waals surface area contributed by atoms with Crippen LogP contribution < -0.4 is 0 Å². The molecule has 0 heterocycles. The van der Waals surface area contributed by atoms with E-state index < -0.39 is 11.7 Å². The van der Waals surface area contributed by atoms with Crippen LogP contribution in [0.2, 0.25) is 0 Å². The molecule has 2 N–H and O–H groups in total. The van der Waals surface area contributed by atoms with Gasteiger partial charge in [-0.25, -0.2) is 0 Å². The average molecular weight is 287 g/mol. The fourth-order valence-electron chi connectivity index (χ4n) is 2.54. The molecule has 0 aromatic heterocycles. The molecular weight excluding hydrogens is 266 g/mol. The van der Waals surface area contributed by atoms with Gasteiger partial charge in [-0.2, -0.15) is 0 Å². The third-order valence-corrected chi connectivity index (χ3v) is 3.75. The summed E-state index contributed by atoms with van der Waals surface area (Å²) in [5.41, 5.74) is 1.20. The van der Waals surface area contributed by atoms with Crippen LogP contribution in [0.3, 0.4) is 0 Å². The summed E-state index contributed by atoms with van der Waals surface area (Å²) in [6.07, 6.45) is 4.71. The van der Waals surface area contributed by atoms with Crippen LogP contribution in [0.4, 0.5) is 0 Å². The first-order valence-electron chi connectivity index (χ1n) is 7.19. The van der Waals surface area contributed by atoms with Gasteiger partial charge in [0.2, 0.25) is 0 Å². The Labute approximate surface area is 125 Å². The predicted molar refractivity (Wildman–Crippen MR) is 81.6 cm³/mol. The number of hydrogen-bond donors (Lipinski definition) is 2. The molecule has 112 valence electrons. The number of allylic oxidation sites excluding steroid dienone is 1. The van der Waals surface area contributed by atoms with Gasteiger partial charge in [-0.3, -0.25) is 4.79 Å². The molecule has 4 heteroatoms. The molecule has 0 aliphatic heterocycles. The molecule has 1 aromatic carbocycles. The molecule has 0 bridgehead atoms. The third kappa shape index (κ3) is 3.23. The summed E-state index contributed by atoms with van der Waals surface area (Å²) in [5.74, 6) is -3.45. The molecule has 0 saturated heterocycles. The normalized spacial score (nSPS) is 20.0. The van der Waals surface area contributed by atoms with E-state index in [4.69, 9.17) is 0 Å². The van der Waals surface area contributed by atoms with Crippen molar-refractivity contribution in [3.8, 4) is 0 Å². The zero-order valence-corrected chi connectivity index (χ0v) is 12.4. The van der Waals surface area contributed by atoms with Crippen LogP contribution in [0.25, 0.3) is 0 Å². The minimum Gasteiger partial charge on any atom is -0.372 e. The Balaban J connectivity index is 2.26. The van der Waals surface area contributed by atoms with E-state index in [2.05, 4.69) is 0 Å². The van der Waals surface area contributed by atoms with Gasteiger partial charge in [0.25, 0.3) is 0 Å². The highest BCUT2D eigenvalue weighted by atomic mass is 16.5. The molecule has 4 nitrogen and oxygen atoms in total. The van der Waals surface area contributed by atoms with Crippen molar-refractivity contribution in [2.24, 2.45) is 5.92 Å². The van der Waals surface area contributed by atoms with E-state index in [0.717, 1.165) is 18.8 Å². The van der Waals surface area contributed by atoms with Crippen LogP contribution in [0.1, 0.15) is 24.2 Å². The summed E-state index contributed by atoms with van der Waals surface area (Å²) < 4.78 is 0. The quantitative estimate of drug-likeness (QED) is 0.642. The minimum atomic E-state index is -2.17. The van der Waals surface area contributed by atoms with Crippen molar-refractivity contribution in [1.29, 1.82) is 0 Å². The molecule has 1 unspecified atom stereocenters. The molecule has 1 aliphatic carbocycles. The molecule has 1 aliphatic rings. The molecule has 2 rings (SSSR count). The lowest BCUT2D eigenvalue weighted by atomic mass is 9.85. The maximum absolute atomic E-state index is 12.4. The minimum absolute atomic E-state index is 0.299. The molecule has 21 heavy (non-hydrogen) atoms. The van der Waals surface area contributed by atoms with Crippen molar-refractivity contribution in [2.45, 2.75) is 19.6 Å². The molecule has 0 radical (unpaired) electrons. The Bertz CT molecular complexity index is 557. The van der Waals surface area contributed by atoms with E-state index in [1.165, 1.54) is 6.08 Å². The molecule has 0 amide bonds. The first-order chi connectivity index (χ1) is 9.99. The van der Waals surface area contributed by atoms with Crippen LogP contribution in [0, 0.1) is 5.92 Å². The van der Waals surface area contributed by atoms with Crippen molar-refractivity contribution in [1.82, 2.24) is 4.90 Å². The van der Waals surface area contributed by atoms with Gasteiger partial charge in [0, 0.05) is 24.4 Å². The topological polar surface area (TPSA) is 60.8 Å². The van der Waals surface area contributed by atoms with E-state index >= 15 is 0 Å². The summed E-state index contributed by atoms with van der Waals surface area (Å²) in [5, 5.41) is 20.5. The molecule has 0 saturated carbocycles. The highest BCUT2D eigenvalue weighted by Crippen LogP contribution is 2.29. The van der Waals surface area contributed by atoms with Crippen LogP contribution >= 0.6 is 0 Å². The fraction of sp³-hybridized carbons (Fsp3) is 0.353. The van der Waals surface area contributed by atoms with Gasteiger partial charge in [0.1, 0.15) is 0 Å². The summed E-state index contributed by atoms with van der Waals surface area (Å²) in [4.78, 5) is 14.4. The van der Waals surface area contributed by atoms with Crippen molar-refractivity contribution in [3.05, 3.63) is 59.8 Å². The number of Topliss-reactive ketones (excluding diaryl/α,β-unsaturated/α-hetero) is 1. The lowest BCUT2D eigenvalue weighted by Crippen LogP contribution is -2.42. The SMILES string of the molecule is CCN(CC)C1=CC(O)(O)C(C(=O)c2ccccc2)C=C1. The second-order valence-corrected chi connectivity index (χ2v) is 5.09. The predicted octanol–water partition coefficient (Wildman–Crippen LogP) is 1.96. The monoisotopic (exact) mass is 287 g/mol. The van der Waals surface area contributed by atoms with Crippen LogP contribution in [-0.4, -0.2) is 39.8 Å². The fourth-order valence-corrected chi connectivity index (χ4v) is 2.54. The third-order valence-electron chi connectivity index (χ3n) is 3.75. The van der Waals surface area contributed by atoms with Crippen molar-refractivity contribution < 1.29 is 15.0 Å². The van der Waals surface area contributed by atoms with Crippen LogP contribution in [0.15, 0.2) is 54.3 Å².